The molecular formula is C13H16N4O5. The summed E-state index contributed by atoms with van der Waals surface area (Å²) < 4.78 is 16.6. The van der Waals surface area contributed by atoms with Crippen molar-refractivity contribution in [1.82, 2.24) is 14.8 Å². The van der Waals surface area contributed by atoms with E-state index >= 15 is 0 Å². The second-order valence-electron chi connectivity index (χ2n) is 4.27. The number of anilines is 1. The second kappa shape index (κ2) is 6.20. The highest BCUT2D eigenvalue weighted by atomic mass is 16.5. The number of nitrogens with zero attached hydrogens (tertiary/aromatic N) is 2. The average molecular weight is 308 g/mol. The lowest BCUT2D eigenvalue weighted by Gasteiger charge is -2.14. The minimum Gasteiger partial charge on any atom is -0.493 e. The molecule has 0 unspecified atom stereocenters. The van der Waals surface area contributed by atoms with Crippen molar-refractivity contribution in [3.8, 4) is 17.2 Å². The van der Waals surface area contributed by atoms with Crippen molar-refractivity contribution in [2.75, 3.05) is 26.6 Å². The third kappa shape index (κ3) is 2.87. The van der Waals surface area contributed by atoms with Crippen LogP contribution in [0.3, 0.4) is 0 Å². The maximum Gasteiger partial charge on any atom is 0.343 e. The number of aromatic nitrogens is 3. The third-order valence-corrected chi connectivity index (χ3v) is 2.91. The van der Waals surface area contributed by atoms with Gasteiger partial charge in [0.25, 0.3) is 5.91 Å². The Labute approximate surface area is 125 Å². The van der Waals surface area contributed by atoms with Crippen LogP contribution in [0, 0.1) is 0 Å². The summed E-state index contributed by atoms with van der Waals surface area (Å²) in [5, 5.41) is 6.37. The monoisotopic (exact) mass is 308 g/mol. The number of hydrogen-bond donors (Lipinski definition) is 2. The molecule has 9 nitrogen and oxygen atoms in total. The topological polar surface area (TPSA) is 107 Å². The average Bonchev–Trinajstić information content (AvgIpc) is 2.85. The van der Waals surface area contributed by atoms with Crippen LogP contribution in [0.1, 0.15) is 10.6 Å². The van der Waals surface area contributed by atoms with Crippen molar-refractivity contribution in [2.24, 2.45) is 7.05 Å². The first kappa shape index (κ1) is 15.4. The van der Waals surface area contributed by atoms with E-state index in [1.165, 1.54) is 28.4 Å². The molecule has 118 valence electrons. The number of amides is 1. The van der Waals surface area contributed by atoms with E-state index in [1.807, 2.05) is 0 Å². The Morgan fingerprint density at radius 1 is 1.18 bits per heavy atom. The molecule has 0 radical (unpaired) electrons. The van der Waals surface area contributed by atoms with E-state index in [4.69, 9.17) is 14.2 Å². The van der Waals surface area contributed by atoms with Gasteiger partial charge >= 0.3 is 5.69 Å². The zero-order valence-electron chi connectivity index (χ0n) is 12.6. The molecule has 9 heteroatoms. The molecule has 0 fully saturated rings. The number of H-pyrrole nitrogens is 1. The summed E-state index contributed by atoms with van der Waals surface area (Å²) in [6.45, 7) is 0. The van der Waals surface area contributed by atoms with Gasteiger partial charge in [0, 0.05) is 24.9 Å². The molecular weight excluding hydrogens is 292 g/mol. The maximum absolute atomic E-state index is 12.1. The fourth-order valence-corrected chi connectivity index (χ4v) is 1.85. The lowest BCUT2D eigenvalue weighted by Crippen LogP contribution is -2.15. The Bertz CT molecular complexity index is 724. The summed E-state index contributed by atoms with van der Waals surface area (Å²) in [6, 6.07) is 3.14. The summed E-state index contributed by atoms with van der Waals surface area (Å²) in [4.78, 5) is 25.7. The van der Waals surface area contributed by atoms with Crippen molar-refractivity contribution in [3.63, 3.8) is 0 Å². The third-order valence-electron chi connectivity index (χ3n) is 2.91. The standard InChI is InChI=1S/C13H16N4O5/c1-17-13(19)15-11(16-17)12(18)14-7-5-8(20-2)10(22-4)9(6-7)21-3/h5-6H,1-4H3,(H,14,18)(H,15,16,19). The van der Waals surface area contributed by atoms with Crippen LogP contribution in [0.2, 0.25) is 0 Å². The van der Waals surface area contributed by atoms with Crippen LogP contribution in [0.5, 0.6) is 17.2 Å². The van der Waals surface area contributed by atoms with Gasteiger partial charge in [-0.25, -0.2) is 9.48 Å². The molecule has 0 spiro atoms. The summed E-state index contributed by atoms with van der Waals surface area (Å²) in [7, 11) is 5.87. The molecule has 1 aromatic carbocycles. The van der Waals surface area contributed by atoms with E-state index < -0.39 is 11.6 Å². The Balaban J connectivity index is 2.33. The first-order valence-electron chi connectivity index (χ1n) is 6.24. The second-order valence-corrected chi connectivity index (χ2v) is 4.27. The number of nitrogens with one attached hydrogen (secondary N) is 2. The number of ether oxygens (including phenoxy) is 3. The molecule has 0 saturated carbocycles. The SMILES string of the molecule is COc1cc(NC(=O)c2nn(C)c(=O)[nH]2)cc(OC)c1OC. The summed E-state index contributed by atoms with van der Waals surface area (Å²) in [5.41, 5.74) is -0.0685. The number of carbonyl (C=O) groups is 1. The first-order valence-corrected chi connectivity index (χ1v) is 6.24. The Kier molecular flexibility index (Phi) is 4.35. The van der Waals surface area contributed by atoms with Crippen molar-refractivity contribution >= 4 is 11.6 Å². The number of methoxy groups -OCH3 is 3. The Morgan fingerprint density at radius 3 is 2.18 bits per heavy atom. The summed E-state index contributed by atoms with van der Waals surface area (Å²) >= 11 is 0. The van der Waals surface area contributed by atoms with Crippen LogP contribution in [-0.4, -0.2) is 42.0 Å². The van der Waals surface area contributed by atoms with Crippen LogP contribution in [0.25, 0.3) is 0 Å². The Hall–Kier alpha value is -2.97. The van der Waals surface area contributed by atoms with Crippen LogP contribution in [0.15, 0.2) is 16.9 Å². The van der Waals surface area contributed by atoms with Crippen LogP contribution < -0.4 is 25.2 Å². The van der Waals surface area contributed by atoms with Crippen LogP contribution in [0.4, 0.5) is 5.69 Å². The molecule has 0 aliphatic carbocycles. The molecule has 2 rings (SSSR count). The van der Waals surface area contributed by atoms with Gasteiger partial charge in [0.1, 0.15) is 0 Å². The van der Waals surface area contributed by atoms with Crippen molar-refractivity contribution in [1.29, 1.82) is 0 Å². The van der Waals surface area contributed by atoms with Crippen molar-refractivity contribution in [3.05, 3.63) is 28.4 Å². The first-order chi connectivity index (χ1) is 10.5. The fourth-order valence-electron chi connectivity index (χ4n) is 1.85. The van der Waals surface area contributed by atoms with Crippen molar-refractivity contribution in [2.45, 2.75) is 0 Å². The number of aromatic amines is 1. The smallest absolute Gasteiger partial charge is 0.343 e. The highest BCUT2D eigenvalue weighted by Gasteiger charge is 2.17. The molecule has 0 bridgehead atoms. The van der Waals surface area contributed by atoms with Crippen LogP contribution in [-0.2, 0) is 7.05 Å². The van der Waals surface area contributed by atoms with Gasteiger partial charge in [0.15, 0.2) is 11.5 Å². The zero-order chi connectivity index (χ0) is 16.3. The largest absolute Gasteiger partial charge is 0.493 e. The van der Waals surface area contributed by atoms with E-state index in [0.717, 1.165) is 4.68 Å². The minimum absolute atomic E-state index is 0.0961. The van der Waals surface area contributed by atoms with E-state index in [1.54, 1.807) is 12.1 Å². The Morgan fingerprint density at radius 2 is 1.77 bits per heavy atom. The molecule has 1 aromatic heterocycles. The molecule has 22 heavy (non-hydrogen) atoms. The lowest BCUT2D eigenvalue weighted by molar-refractivity contribution is 0.101. The van der Waals surface area contributed by atoms with E-state index in [9.17, 15) is 9.59 Å². The molecule has 0 aliphatic heterocycles. The van der Waals surface area contributed by atoms with Gasteiger partial charge in [-0.1, -0.05) is 0 Å². The molecule has 2 N–H and O–H groups in total. The van der Waals surface area contributed by atoms with Gasteiger partial charge in [-0.15, -0.1) is 5.10 Å². The number of aryl methyl sites for hydroxylation is 1. The minimum atomic E-state index is -0.563. The van der Waals surface area contributed by atoms with Gasteiger partial charge in [0.2, 0.25) is 11.6 Å². The number of rotatable bonds is 5. The van der Waals surface area contributed by atoms with Gasteiger partial charge < -0.3 is 19.5 Å². The number of hydrogen-bond acceptors (Lipinski definition) is 6. The number of carbonyl (C=O) groups excluding carboxylic acids is 1. The molecule has 0 saturated heterocycles. The van der Waals surface area contributed by atoms with Gasteiger partial charge in [-0.2, -0.15) is 0 Å². The van der Waals surface area contributed by atoms with E-state index in [0.29, 0.717) is 22.9 Å². The highest BCUT2D eigenvalue weighted by Crippen LogP contribution is 2.39. The normalized spacial score (nSPS) is 10.2. The predicted molar refractivity (Wildman–Crippen MR) is 77.9 cm³/mol. The molecule has 2 aromatic rings. The zero-order valence-corrected chi connectivity index (χ0v) is 12.6. The van der Waals surface area contributed by atoms with Crippen molar-refractivity contribution < 1.29 is 19.0 Å². The molecule has 0 aliphatic rings. The summed E-state index contributed by atoms with van der Waals surface area (Å²) in [5.74, 6) is 0.542. The highest BCUT2D eigenvalue weighted by molar-refractivity contribution is 6.01. The lowest BCUT2D eigenvalue weighted by atomic mass is 10.2. The molecule has 1 amide bonds. The van der Waals surface area contributed by atoms with Crippen LogP contribution >= 0.6 is 0 Å². The van der Waals surface area contributed by atoms with E-state index in [2.05, 4.69) is 15.4 Å². The van der Waals surface area contributed by atoms with E-state index in [-0.39, 0.29) is 5.82 Å². The predicted octanol–water partition coefficient (Wildman–Crippen LogP) is 0.386. The summed E-state index contributed by atoms with van der Waals surface area (Å²) in [6.07, 6.45) is 0. The molecule has 1 heterocycles. The van der Waals surface area contributed by atoms with Gasteiger partial charge in [-0.05, 0) is 0 Å². The molecule has 0 atom stereocenters. The quantitative estimate of drug-likeness (QED) is 0.827. The number of benzene rings is 1. The fraction of sp³-hybridized carbons (Fsp3) is 0.308. The van der Waals surface area contributed by atoms with Gasteiger partial charge in [0.05, 0.1) is 21.3 Å². The maximum atomic E-state index is 12.1. The van der Waals surface area contributed by atoms with Gasteiger partial charge in [-0.3, -0.25) is 9.78 Å².